The SMILES string of the molecule is CCNc1cc(OCCCC(C)C)ccn1. The maximum atomic E-state index is 5.66. The van der Waals surface area contributed by atoms with Crippen molar-refractivity contribution in [1.82, 2.24) is 4.98 Å². The third-order valence-electron chi connectivity index (χ3n) is 2.28. The quantitative estimate of drug-likeness (QED) is 0.718. The van der Waals surface area contributed by atoms with Crippen LogP contribution >= 0.6 is 0 Å². The molecular weight excluding hydrogens is 200 g/mol. The van der Waals surface area contributed by atoms with Gasteiger partial charge in [-0.3, -0.25) is 0 Å². The molecule has 1 heterocycles. The summed E-state index contributed by atoms with van der Waals surface area (Å²) in [4.78, 5) is 4.19. The number of nitrogens with zero attached hydrogens (tertiary/aromatic N) is 1. The Morgan fingerprint density at radius 3 is 2.94 bits per heavy atom. The number of hydrogen-bond donors (Lipinski definition) is 1. The first-order valence-electron chi connectivity index (χ1n) is 6.05. The molecule has 90 valence electrons. The summed E-state index contributed by atoms with van der Waals surface area (Å²) in [7, 11) is 0. The second-order valence-electron chi connectivity index (χ2n) is 4.29. The van der Waals surface area contributed by atoms with E-state index in [0.29, 0.717) is 0 Å². The summed E-state index contributed by atoms with van der Waals surface area (Å²) in [5.41, 5.74) is 0. The van der Waals surface area contributed by atoms with Crippen molar-refractivity contribution in [2.45, 2.75) is 33.6 Å². The molecular formula is C13H22N2O. The second-order valence-corrected chi connectivity index (χ2v) is 4.29. The Bertz CT molecular complexity index is 300. The van der Waals surface area contributed by atoms with E-state index < -0.39 is 0 Å². The number of aromatic nitrogens is 1. The fourth-order valence-corrected chi connectivity index (χ4v) is 1.46. The Labute approximate surface area is 98.2 Å². The van der Waals surface area contributed by atoms with Gasteiger partial charge in [-0.2, -0.15) is 0 Å². The number of pyridine rings is 1. The predicted octanol–water partition coefficient (Wildman–Crippen LogP) is 3.33. The molecule has 0 aliphatic rings. The lowest BCUT2D eigenvalue weighted by atomic mass is 10.1. The van der Waals surface area contributed by atoms with E-state index in [2.05, 4.69) is 31.1 Å². The maximum absolute atomic E-state index is 5.66. The number of rotatable bonds is 7. The van der Waals surface area contributed by atoms with Crippen LogP contribution in [0.25, 0.3) is 0 Å². The predicted molar refractivity (Wildman–Crippen MR) is 68.0 cm³/mol. The highest BCUT2D eigenvalue weighted by molar-refractivity contribution is 5.40. The number of hydrogen-bond acceptors (Lipinski definition) is 3. The molecule has 0 spiro atoms. The highest BCUT2D eigenvalue weighted by Crippen LogP contribution is 2.15. The van der Waals surface area contributed by atoms with E-state index in [4.69, 9.17) is 4.74 Å². The highest BCUT2D eigenvalue weighted by Gasteiger charge is 1.98. The topological polar surface area (TPSA) is 34.1 Å². The lowest BCUT2D eigenvalue weighted by Gasteiger charge is -2.09. The summed E-state index contributed by atoms with van der Waals surface area (Å²) < 4.78 is 5.66. The van der Waals surface area contributed by atoms with Crippen LogP contribution in [0.2, 0.25) is 0 Å². The molecule has 0 unspecified atom stereocenters. The average molecular weight is 222 g/mol. The molecule has 0 saturated heterocycles. The van der Waals surface area contributed by atoms with Crippen molar-refractivity contribution >= 4 is 5.82 Å². The van der Waals surface area contributed by atoms with E-state index >= 15 is 0 Å². The van der Waals surface area contributed by atoms with Crippen molar-refractivity contribution in [2.24, 2.45) is 5.92 Å². The van der Waals surface area contributed by atoms with E-state index in [1.807, 2.05) is 12.1 Å². The van der Waals surface area contributed by atoms with Crippen molar-refractivity contribution in [2.75, 3.05) is 18.5 Å². The molecule has 0 atom stereocenters. The third kappa shape index (κ3) is 5.01. The van der Waals surface area contributed by atoms with E-state index in [1.54, 1.807) is 6.20 Å². The molecule has 0 radical (unpaired) electrons. The van der Waals surface area contributed by atoms with Crippen LogP contribution in [0, 0.1) is 5.92 Å². The van der Waals surface area contributed by atoms with Gasteiger partial charge in [0.1, 0.15) is 11.6 Å². The van der Waals surface area contributed by atoms with E-state index in [-0.39, 0.29) is 0 Å². The van der Waals surface area contributed by atoms with Crippen LogP contribution in [0.3, 0.4) is 0 Å². The first-order chi connectivity index (χ1) is 7.72. The summed E-state index contributed by atoms with van der Waals surface area (Å²) in [5, 5.41) is 3.17. The minimum Gasteiger partial charge on any atom is -0.493 e. The summed E-state index contributed by atoms with van der Waals surface area (Å²) in [6, 6.07) is 3.84. The minimum absolute atomic E-state index is 0.748. The maximum Gasteiger partial charge on any atom is 0.129 e. The van der Waals surface area contributed by atoms with Gasteiger partial charge in [-0.25, -0.2) is 4.98 Å². The number of anilines is 1. The van der Waals surface area contributed by atoms with Crippen molar-refractivity contribution in [1.29, 1.82) is 0 Å². The molecule has 1 rings (SSSR count). The summed E-state index contributed by atoms with van der Waals surface area (Å²) in [6.07, 6.45) is 4.09. The van der Waals surface area contributed by atoms with Crippen LogP contribution in [0.4, 0.5) is 5.82 Å². The van der Waals surface area contributed by atoms with Gasteiger partial charge < -0.3 is 10.1 Å². The molecule has 0 fully saturated rings. The molecule has 0 aromatic carbocycles. The molecule has 1 aromatic heterocycles. The fourth-order valence-electron chi connectivity index (χ4n) is 1.46. The first-order valence-corrected chi connectivity index (χ1v) is 6.05. The molecule has 0 bridgehead atoms. The van der Waals surface area contributed by atoms with Gasteiger partial charge in [-0.15, -0.1) is 0 Å². The number of nitrogens with one attached hydrogen (secondary N) is 1. The molecule has 3 heteroatoms. The van der Waals surface area contributed by atoms with Crippen LogP contribution < -0.4 is 10.1 Å². The molecule has 0 amide bonds. The number of ether oxygens (including phenoxy) is 1. The van der Waals surface area contributed by atoms with Crippen LogP contribution in [0.1, 0.15) is 33.6 Å². The zero-order valence-corrected chi connectivity index (χ0v) is 10.5. The van der Waals surface area contributed by atoms with Crippen molar-refractivity contribution < 1.29 is 4.74 Å². The van der Waals surface area contributed by atoms with Crippen molar-refractivity contribution in [3.63, 3.8) is 0 Å². The van der Waals surface area contributed by atoms with Gasteiger partial charge in [0, 0.05) is 18.8 Å². The molecule has 1 aromatic rings. The second kappa shape index (κ2) is 7.09. The molecule has 1 N–H and O–H groups in total. The third-order valence-corrected chi connectivity index (χ3v) is 2.28. The van der Waals surface area contributed by atoms with Gasteiger partial charge in [-0.1, -0.05) is 13.8 Å². The summed E-state index contributed by atoms with van der Waals surface area (Å²) in [6.45, 7) is 8.18. The van der Waals surface area contributed by atoms with Gasteiger partial charge in [0.25, 0.3) is 0 Å². The van der Waals surface area contributed by atoms with Crippen molar-refractivity contribution in [3.8, 4) is 5.75 Å². The monoisotopic (exact) mass is 222 g/mol. The zero-order chi connectivity index (χ0) is 11.8. The normalized spacial score (nSPS) is 10.5. The van der Waals surface area contributed by atoms with Gasteiger partial charge in [0.2, 0.25) is 0 Å². The lowest BCUT2D eigenvalue weighted by Crippen LogP contribution is -2.02. The minimum atomic E-state index is 0.748. The molecule has 16 heavy (non-hydrogen) atoms. The highest BCUT2D eigenvalue weighted by atomic mass is 16.5. The lowest BCUT2D eigenvalue weighted by molar-refractivity contribution is 0.297. The Morgan fingerprint density at radius 1 is 1.44 bits per heavy atom. The Kier molecular flexibility index (Phi) is 5.68. The fraction of sp³-hybridized carbons (Fsp3) is 0.615. The largest absolute Gasteiger partial charge is 0.493 e. The van der Waals surface area contributed by atoms with Gasteiger partial charge in [-0.05, 0) is 31.7 Å². The first kappa shape index (κ1) is 12.8. The van der Waals surface area contributed by atoms with Crippen LogP contribution in [-0.2, 0) is 0 Å². The molecule has 3 nitrogen and oxygen atoms in total. The van der Waals surface area contributed by atoms with Crippen LogP contribution in [-0.4, -0.2) is 18.1 Å². The van der Waals surface area contributed by atoms with Gasteiger partial charge >= 0.3 is 0 Å². The van der Waals surface area contributed by atoms with Gasteiger partial charge in [0.05, 0.1) is 6.61 Å². The van der Waals surface area contributed by atoms with E-state index in [1.165, 1.54) is 6.42 Å². The molecule has 0 aliphatic heterocycles. The Balaban J connectivity index is 2.33. The van der Waals surface area contributed by atoms with E-state index in [0.717, 1.165) is 37.1 Å². The Morgan fingerprint density at radius 2 is 2.25 bits per heavy atom. The summed E-state index contributed by atoms with van der Waals surface area (Å²) in [5.74, 6) is 2.52. The standard InChI is InChI=1S/C13H22N2O/c1-4-14-13-10-12(7-8-15-13)16-9-5-6-11(2)3/h7-8,10-11H,4-6,9H2,1-3H3,(H,14,15). The smallest absolute Gasteiger partial charge is 0.129 e. The molecule has 0 saturated carbocycles. The summed E-state index contributed by atoms with van der Waals surface area (Å²) >= 11 is 0. The van der Waals surface area contributed by atoms with Crippen molar-refractivity contribution in [3.05, 3.63) is 18.3 Å². The van der Waals surface area contributed by atoms with E-state index in [9.17, 15) is 0 Å². The van der Waals surface area contributed by atoms with Gasteiger partial charge in [0.15, 0.2) is 0 Å². The van der Waals surface area contributed by atoms with Crippen LogP contribution in [0.15, 0.2) is 18.3 Å². The Hall–Kier alpha value is -1.25. The molecule has 0 aliphatic carbocycles. The zero-order valence-electron chi connectivity index (χ0n) is 10.5. The average Bonchev–Trinajstić information content (AvgIpc) is 2.25. The van der Waals surface area contributed by atoms with Crippen LogP contribution in [0.5, 0.6) is 5.75 Å².